The topological polar surface area (TPSA) is 35.0 Å². The average Bonchev–Trinajstić information content (AvgIpc) is 2.64. The number of hydrogen-bond acceptors (Lipinski definition) is 3. The molecule has 2 rings (SSSR count). The van der Waals surface area contributed by atoms with Gasteiger partial charge in [0.2, 0.25) is 0 Å². The SMILES string of the molecule is Cc1nc(C2(C)CCCO2)nc(Cl)c1C(C)C. The molecule has 0 amide bonds. The van der Waals surface area contributed by atoms with Gasteiger partial charge in [0, 0.05) is 17.9 Å². The molecule has 1 atom stereocenters. The van der Waals surface area contributed by atoms with Gasteiger partial charge in [0.25, 0.3) is 0 Å². The zero-order valence-corrected chi connectivity index (χ0v) is 11.6. The van der Waals surface area contributed by atoms with Crippen molar-refractivity contribution >= 4 is 11.6 Å². The van der Waals surface area contributed by atoms with Crippen LogP contribution in [-0.4, -0.2) is 16.6 Å². The molecule has 0 aromatic carbocycles. The number of aryl methyl sites for hydroxylation is 1. The second-order valence-electron chi connectivity index (χ2n) is 5.17. The Hall–Kier alpha value is -0.670. The van der Waals surface area contributed by atoms with E-state index in [0.29, 0.717) is 11.1 Å². The summed E-state index contributed by atoms with van der Waals surface area (Å²) < 4.78 is 5.75. The number of nitrogens with zero attached hydrogens (tertiary/aromatic N) is 2. The lowest BCUT2D eigenvalue weighted by Crippen LogP contribution is -2.24. The molecule has 0 saturated carbocycles. The zero-order chi connectivity index (χ0) is 12.6. The van der Waals surface area contributed by atoms with Crippen molar-refractivity contribution in [3.05, 3.63) is 22.2 Å². The summed E-state index contributed by atoms with van der Waals surface area (Å²) in [6.45, 7) is 9.02. The van der Waals surface area contributed by atoms with Crippen LogP contribution in [0.5, 0.6) is 0 Å². The number of halogens is 1. The summed E-state index contributed by atoms with van der Waals surface area (Å²) in [5, 5.41) is 0.569. The van der Waals surface area contributed by atoms with E-state index in [1.165, 1.54) is 0 Å². The van der Waals surface area contributed by atoms with Gasteiger partial charge in [-0.1, -0.05) is 25.4 Å². The molecule has 1 saturated heterocycles. The molecule has 1 aromatic rings. The summed E-state index contributed by atoms with van der Waals surface area (Å²) in [7, 11) is 0. The van der Waals surface area contributed by atoms with Gasteiger partial charge in [0.1, 0.15) is 10.8 Å². The maximum absolute atomic E-state index is 6.26. The van der Waals surface area contributed by atoms with Crippen molar-refractivity contribution in [3.63, 3.8) is 0 Å². The Morgan fingerprint density at radius 3 is 2.53 bits per heavy atom. The summed E-state index contributed by atoms with van der Waals surface area (Å²) in [6, 6.07) is 0. The van der Waals surface area contributed by atoms with E-state index in [9.17, 15) is 0 Å². The first kappa shape index (κ1) is 12.8. The van der Waals surface area contributed by atoms with Crippen LogP contribution in [0.3, 0.4) is 0 Å². The van der Waals surface area contributed by atoms with Crippen LogP contribution in [0.1, 0.15) is 56.6 Å². The molecule has 1 aromatic heterocycles. The summed E-state index contributed by atoms with van der Waals surface area (Å²) >= 11 is 6.26. The molecule has 94 valence electrons. The van der Waals surface area contributed by atoms with E-state index in [4.69, 9.17) is 16.3 Å². The van der Waals surface area contributed by atoms with Gasteiger partial charge >= 0.3 is 0 Å². The molecule has 0 N–H and O–H groups in total. The lowest BCUT2D eigenvalue weighted by Gasteiger charge is -2.23. The largest absolute Gasteiger partial charge is 0.367 e. The van der Waals surface area contributed by atoms with Crippen molar-refractivity contribution in [3.8, 4) is 0 Å². The van der Waals surface area contributed by atoms with Gasteiger partial charge in [-0.3, -0.25) is 0 Å². The maximum atomic E-state index is 6.26. The number of ether oxygens (including phenoxy) is 1. The lowest BCUT2D eigenvalue weighted by atomic mass is 10.00. The van der Waals surface area contributed by atoms with E-state index in [2.05, 4.69) is 23.8 Å². The van der Waals surface area contributed by atoms with Crippen LogP contribution in [0.15, 0.2) is 0 Å². The van der Waals surface area contributed by atoms with Crippen LogP contribution in [0.25, 0.3) is 0 Å². The lowest BCUT2D eigenvalue weighted by molar-refractivity contribution is 0.00915. The molecule has 2 heterocycles. The third kappa shape index (κ3) is 2.31. The normalized spacial score (nSPS) is 24.6. The van der Waals surface area contributed by atoms with Gasteiger partial charge in [0.15, 0.2) is 5.82 Å². The molecule has 1 unspecified atom stereocenters. The van der Waals surface area contributed by atoms with E-state index in [-0.39, 0.29) is 5.60 Å². The van der Waals surface area contributed by atoms with Crippen LogP contribution >= 0.6 is 11.6 Å². The van der Waals surface area contributed by atoms with Crippen molar-refractivity contribution in [2.45, 2.75) is 52.1 Å². The third-order valence-corrected chi connectivity index (χ3v) is 3.65. The van der Waals surface area contributed by atoms with E-state index < -0.39 is 0 Å². The standard InChI is InChI=1S/C13H19ClN2O/c1-8(2)10-9(3)15-12(16-11(10)14)13(4)6-5-7-17-13/h8H,5-7H2,1-4H3. The molecule has 3 nitrogen and oxygen atoms in total. The van der Waals surface area contributed by atoms with Gasteiger partial charge in [-0.05, 0) is 32.6 Å². The highest BCUT2D eigenvalue weighted by Crippen LogP contribution is 2.35. The Labute approximate surface area is 108 Å². The van der Waals surface area contributed by atoms with Crippen molar-refractivity contribution in [1.82, 2.24) is 9.97 Å². The van der Waals surface area contributed by atoms with Crippen LogP contribution in [0.2, 0.25) is 5.15 Å². The fourth-order valence-electron chi connectivity index (χ4n) is 2.39. The number of hydrogen-bond donors (Lipinski definition) is 0. The summed E-state index contributed by atoms with van der Waals surface area (Å²) in [4.78, 5) is 9.03. The summed E-state index contributed by atoms with van der Waals surface area (Å²) in [6.07, 6.45) is 2.02. The molecule has 0 bridgehead atoms. The molecule has 0 aliphatic carbocycles. The fraction of sp³-hybridized carbons (Fsp3) is 0.692. The Kier molecular flexibility index (Phi) is 3.41. The monoisotopic (exact) mass is 254 g/mol. The fourth-order valence-corrected chi connectivity index (χ4v) is 2.83. The highest BCUT2D eigenvalue weighted by atomic mass is 35.5. The highest BCUT2D eigenvalue weighted by Gasteiger charge is 2.35. The van der Waals surface area contributed by atoms with Gasteiger partial charge in [-0.2, -0.15) is 0 Å². The first-order valence-electron chi connectivity index (χ1n) is 6.12. The predicted octanol–water partition coefficient (Wildman–Crippen LogP) is 3.59. The Morgan fingerprint density at radius 2 is 2.06 bits per heavy atom. The number of rotatable bonds is 2. The Balaban J connectivity index is 2.45. The van der Waals surface area contributed by atoms with Crippen molar-refractivity contribution < 1.29 is 4.74 Å². The molecular weight excluding hydrogens is 236 g/mol. The molecular formula is C13H19ClN2O. The minimum absolute atomic E-state index is 0.342. The van der Waals surface area contributed by atoms with Crippen molar-refractivity contribution in [2.75, 3.05) is 6.61 Å². The minimum Gasteiger partial charge on any atom is -0.367 e. The van der Waals surface area contributed by atoms with Crippen LogP contribution < -0.4 is 0 Å². The molecule has 1 fully saturated rings. The second kappa shape index (κ2) is 4.54. The average molecular weight is 255 g/mol. The van der Waals surface area contributed by atoms with Crippen molar-refractivity contribution in [1.29, 1.82) is 0 Å². The van der Waals surface area contributed by atoms with E-state index in [1.807, 2.05) is 13.8 Å². The smallest absolute Gasteiger partial charge is 0.161 e. The maximum Gasteiger partial charge on any atom is 0.161 e. The number of aromatic nitrogens is 2. The third-order valence-electron chi connectivity index (χ3n) is 3.36. The predicted molar refractivity (Wildman–Crippen MR) is 68.4 cm³/mol. The van der Waals surface area contributed by atoms with Crippen LogP contribution in [0, 0.1) is 6.92 Å². The molecule has 0 spiro atoms. The molecule has 0 radical (unpaired) electrons. The molecule has 17 heavy (non-hydrogen) atoms. The minimum atomic E-state index is -0.357. The first-order chi connectivity index (χ1) is 7.94. The summed E-state index contributed by atoms with van der Waals surface area (Å²) in [5.41, 5.74) is 1.65. The highest BCUT2D eigenvalue weighted by molar-refractivity contribution is 6.30. The van der Waals surface area contributed by atoms with E-state index in [1.54, 1.807) is 0 Å². The first-order valence-corrected chi connectivity index (χ1v) is 6.50. The van der Waals surface area contributed by atoms with Gasteiger partial charge < -0.3 is 4.74 Å². The molecule has 1 aliphatic rings. The van der Waals surface area contributed by atoms with Gasteiger partial charge in [-0.15, -0.1) is 0 Å². The Morgan fingerprint density at radius 1 is 1.35 bits per heavy atom. The van der Waals surface area contributed by atoms with Crippen LogP contribution in [0.4, 0.5) is 0 Å². The van der Waals surface area contributed by atoms with Crippen molar-refractivity contribution in [2.24, 2.45) is 0 Å². The summed E-state index contributed by atoms with van der Waals surface area (Å²) in [5.74, 6) is 1.07. The second-order valence-corrected chi connectivity index (χ2v) is 5.53. The van der Waals surface area contributed by atoms with E-state index >= 15 is 0 Å². The molecule has 1 aliphatic heterocycles. The quantitative estimate of drug-likeness (QED) is 0.757. The van der Waals surface area contributed by atoms with Gasteiger partial charge in [0.05, 0.1) is 0 Å². The van der Waals surface area contributed by atoms with Crippen LogP contribution in [-0.2, 0) is 10.3 Å². The van der Waals surface area contributed by atoms with Gasteiger partial charge in [-0.25, -0.2) is 9.97 Å². The zero-order valence-electron chi connectivity index (χ0n) is 10.9. The Bertz CT molecular complexity index is 402. The molecule has 4 heteroatoms. The van der Waals surface area contributed by atoms with E-state index in [0.717, 1.165) is 36.5 Å².